The van der Waals surface area contributed by atoms with Crippen molar-refractivity contribution in [3.05, 3.63) is 83.4 Å². The number of alkyl halides is 1. The van der Waals surface area contributed by atoms with Gasteiger partial charge in [-0.05, 0) is 102 Å². The van der Waals surface area contributed by atoms with Crippen molar-refractivity contribution in [2.75, 3.05) is 17.8 Å². The molecule has 4 heterocycles. The number of benzene rings is 2. The number of aromatic nitrogens is 6. The van der Waals surface area contributed by atoms with Crippen LogP contribution in [0.2, 0.25) is 10.0 Å². The molecule has 4 aliphatic rings. The van der Waals surface area contributed by atoms with Crippen LogP contribution >= 0.6 is 23.2 Å². The Morgan fingerprint density at radius 1 is 0.696 bits per heavy atom. The summed E-state index contributed by atoms with van der Waals surface area (Å²) < 4.78 is 19.7. The number of aliphatic carboxylic acids is 1. The van der Waals surface area contributed by atoms with Crippen LogP contribution in [0.1, 0.15) is 91.3 Å². The van der Waals surface area contributed by atoms with Crippen molar-refractivity contribution < 1.29 is 30.7 Å². The van der Waals surface area contributed by atoms with Crippen molar-refractivity contribution >= 4 is 68.8 Å². The third kappa shape index (κ3) is 13.1. The summed E-state index contributed by atoms with van der Waals surface area (Å²) in [6.07, 6.45) is 18.7. The van der Waals surface area contributed by atoms with Gasteiger partial charge in [0.15, 0.2) is 0 Å². The zero-order chi connectivity index (χ0) is 49.9. The van der Waals surface area contributed by atoms with E-state index >= 15 is 0 Å². The van der Waals surface area contributed by atoms with Crippen molar-refractivity contribution in [3.63, 3.8) is 0 Å². The molecule has 0 radical (unpaired) electrons. The van der Waals surface area contributed by atoms with Gasteiger partial charge in [0.05, 0.1) is 60.5 Å². The zero-order valence-electron chi connectivity index (χ0n) is 40.2. The summed E-state index contributed by atoms with van der Waals surface area (Å²) in [5.74, 6) is 0.130. The Morgan fingerprint density at radius 3 is 1.62 bits per heavy atom. The van der Waals surface area contributed by atoms with E-state index in [-0.39, 0.29) is 48.1 Å². The normalized spacial score (nSPS) is 24.4. The lowest BCUT2D eigenvalue weighted by atomic mass is 9.90. The van der Waals surface area contributed by atoms with Gasteiger partial charge in [-0.1, -0.05) is 59.6 Å². The number of para-hydroxylation sites is 2. The van der Waals surface area contributed by atoms with Crippen molar-refractivity contribution in [2.24, 2.45) is 31.7 Å². The second kappa shape index (κ2) is 24.0. The number of carboxylic acid groups (broad SMARTS) is 1. The summed E-state index contributed by atoms with van der Waals surface area (Å²) in [7, 11) is 3.05. The van der Waals surface area contributed by atoms with Gasteiger partial charge >= 0.3 is 5.97 Å². The SMILES string of the molecule is Cn1cc(-c2nc(N[C@@H]3CCC[C@H](N)C3)ncc2Cl)c2ccccc21.Cn1cc(-c2nc(N[C@@H]3CCC[C@H](NC(=O)[C@H]4CC[C@H](O)C4)C3)ncc2Cl)c2ccccc21.O=C(O)[C@H]1CC[C@H](O)C1.[2H]CF. The highest BCUT2D eigenvalue weighted by atomic mass is 35.5. The average Bonchev–Trinajstić information content (AvgIpc) is 4.14. The predicted octanol–water partition coefficient (Wildman–Crippen LogP) is 9.08. The minimum absolute atomic E-state index is 0.0591. The first-order valence-corrected chi connectivity index (χ1v) is 24.6. The number of nitrogens with one attached hydrogen (secondary N) is 3. The minimum atomic E-state index is -1.00. The monoisotopic (exact) mass is 987 g/mol. The van der Waals surface area contributed by atoms with Crippen molar-refractivity contribution in [1.82, 2.24) is 34.4 Å². The van der Waals surface area contributed by atoms with E-state index in [1.807, 2.05) is 38.4 Å². The summed E-state index contributed by atoms with van der Waals surface area (Å²) >= 11 is 12.9. The Hall–Kier alpha value is -5.39. The van der Waals surface area contributed by atoms with Crippen molar-refractivity contribution in [3.8, 4) is 22.5 Å². The van der Waals surface area contributed by atoms with Crippen molar-refractivity contribution in [1.29, 1.82) is 0 Å². The van der Waals surface area contributed by atoms with Crippen LogP contribution in [-0.4, -0.2) is 99.8 Å². The van der Waals surface area contributed by atoms with E-state index in [2.05, 4.69) is 71.7 Å². The highest BCUT2D eigenvalue weighted by Gasteiger charge is 2.32. The van der Waals surface area contributed by atoms with E-state index in [9.17, 15) is 19.1 Å². The third-order valence-electron chi connectivity index (χ3n) is 13.7. The van der Waals surface area contributed by atoms with Gasteiger partial charge in [-0.15, -0.1) is 0 Å². The average molecular weight is 989 g/mol. The van der Waals surface area contributed by atoms with Crippen LogP contribution < -0.4 is 21.7 Å². The number of anilines is 2. The summed E-state index contributed by atoms with van der Waals surface area (Å²) in [5, 5.41) is 40.5. The van der Waals surface area contributed by atoms with Gasteiger partial charge in [-0.3, -0.25) is 14.0 Å². The van der Waals surface area contributed by atoms with Gasteiger partial charge in [0.1, 0.15) is 0 Å². The molecule has 15 nitrogen and oxygen atoms in total. The number of hydrogen-bond acceptors (Lipinski definition) is 11. The Morgan fingerprint density at radius 2 is 1.16 bits per heavy atom. The quantitative estimate of drug-likeness (QED) is 0.0722. The van der Waals surface area contributed by atoms with E-state index in [0.717, 1.165) is 103 Å². The lowest BCUT2D eigenvalue weighted by Crippen LogP contribution is -2.44. The Bertz CT molecular complexity index is 2710. The van der Waals surface area contributed by atoms with Gasteiger partial charge in [-0.25, -0.2) is 19.9 Å². The number of fused-ring (bicyclic) bond motifs is 2. The molecular formula is C51H65Cl2FN10O5. The molecule has 69 heavy (non-hydrogen) atoms. The molecule has 0 unspecified atom stereocenters. The van der Waals surface area contributed by atoms with E-state index in [4.69, 9.17) is 50.5 Å². The van der Waals surface area contributed by atoms with Gasteiger partial charge in [0, 0.05) is 89.5 Å². The molecule has 6 aromatic rings. The fourth-order valence-corrected chi connectivity index (χ4v) is 10.6. The summed E-state index contributed by atoms with van der Waals surface area (Å²) in [5.41, 5.74) is 11.8. The Kier molecular flexibility index (Phi) is 17.4. The van der Waals surface area contributed by atoms with Crippen LogP contribution in [0.3, 0.4) is 0 Å². The number of aliphatic hydroxyl groups is 2. The van der Waals surface area contributed by atoms with Gasteiger partial charge in [-0.2, -0.15) is 0 Å². The maximum Gasteiger partial charge on any atom is 0.306 e. The lowest BCUT2D eigenvalue weighted by molar-refractivity contribution is -0.141. The molecule has 0 bridgehead atoms. The molecule has 4 aliphatic carbocycles. The maximum absolute atomic E-state index is 12.6. The first-order valence-electron chi connectivity index (χ1n) is 24.6. The zero-order valence-corrected chi connectivity index (χ0v) is 40.7. The van der Waals surface area contributed by atoms with Crippen LogP contribution in [0.15, 0.2) is 73.3 Å². The highest BCUT2D eigenvalue weighted by Crippen LogP contribution is 2.36. The molecule has 18 heteroatoms. The van der Waals surface area contributed by atoms with E-state index in [0.29, 0.717) is 59.4 Å². The Balaban J connectivity index is 0.000000171. The maximum atomic E-state index is 12.6. The number of rotatable bonds is 9. The van der Waals surface area contributed by atoms with E-state index in [1.54, 1.807) is 12.4 Å². The minimum Gasteiger partial charge on any atom is -0.481 e. The van der Waals surface area contributed by atoms with Gasteiger partial charge in [0.2, 0.25) is 17.8 Å². The fourth-order valence-electron chi connectivity index (χ4n) is 10.2. The number of carboxylic acids is 1. The predicted molar refractivity (Wildman–Crippen MR) is 271 cm³/mol. The second-order valence-corrected chi connectivity index (χ2v) is 19.6. The summed E-state index contributed by atoms with van der Waals surface area (Å²) in [6, 6.07) is 17.3. The Labute approximate surface area is 413 Å². The molecular weight excluding hydrogens is 923 g/mol. The first-order chi connectivity index (χ1) is 33.7. The van der Waals surface area contributed by atoms with Crippen LogP contribution in [0, 0.1) is 11.8 Å². The number of amides is 1. The number of aliphatic hydroxyl groups excluding tert-OH is 2. The summed E-state index contributed by atoms with van der Waals surface area (Å²) in [6.45, 7) is 0. The molecule has 8 atom stereocenters. The second-order valence-electron chi connectivity index (χ2n) is 18.8. The topological polar surface area (TPSA) is 218 Å². The molecule has 4 aromatic heterocycles. The number of nitrogens with two attached hydrogens (primary N) is 1. The molecule has 1 amide bonds. The standard InChI is InChI=1S/C25H30ClN5O2.C19H22ClN5.C6H10O3.CH3F/c1-31-14-20(19-7-2-3-8-22(19)31)23-21(26)13-27-25(30-23)29-17-6-4-5-16(12-17)28-24(33)15-9-10-18(32)11-15;1-25-11-15(14-7-2-3-8-17(14)25)18-16(20)10-22-19(24-18)23-13-6-4-5-12(21)9-13;7-5-2-1-4(3-5)6(8)9;1-2/h2-3,7-8,13-18,32H,4-6,9-12H2,1H3,(H,28,33)(H,27,29,30);2-3,7-8,10-13H,4-6,9,21H2,1H3,(H,22,23,24);4-5,7H,1-3H2,(H,8,9);1H3/t15-,16-,17+,18-;12-,13+;4-,5-;/m000./s1/i;;;1D. The van der Waals surface area contributed by atoms with E-state index < -0.39 is 13.1 Å². The largest absolute Gasteiger partial charge is 0.481 e. The first kappa shape index (κ1) is 50.0. The number of nitrogens with zero attached hydrogens (tertiary/aromatic N) is 6. The van der Waals surface area contributed by atoms with Crippen LogP contribution in [0.5, 0.6) is 0 Å². The lowest BCUT2D eigenvalue weighted by Gasteiger charge is -2.31. The highest BCUT2D eigenvalue weighted by molar-refractivity contribution is 6.33. The molecule has 4 fully saturated rings. The van der Waals surface area contributed by atoms with Gasteiger partial charge < -0.3 is 46.1 Å². The fraction of sp³-hybridized carbons (Fsp3) is 0.490. The molecule has 10 rings (SSSR count). The molecule has 8 N–H and O–H groups in total. The van der Waals surface area contributed by atoms with Crippen LogP contribution in [0.25, 0.3) is 44.3 Å². The van der Waals surface area contributed by atoms with Crippen molar-refractivity contribution in [2.45, 2.75) is 126 Å². The number of carbonyl (C=O) groups is 2. The third-order valence-corrected chi connectivity index (χ3v) is 14.3. The smallest absolute Gasteiger partial charge is 0.306 e. The molecule has 2 aromatic carbocycles. The number of halogens is 3. The molecule has 4 saturated carbocycles. The summed E-state index contributed by atoms with van der Waals surface area (Å²) in [4.78, 5) is 41.1. The number of aryl methyl sites for hydroxylation is 2. The van der Waals surface area contributed by atoms with Crippen LogP contribution in [-0.2, 0) is 23.7 Å². The van der Waals surface area contributed by atoms with E-state index in [1.165, 1.54) is 0 Å². The molecule has 0 spiro atoms. The van der Waals surface area contributed by atoms with Crippen LogP contribution in [0.4, 0.5) is 16.3 Å². The number of carbonyl (C=O) groups excluding carboxylic acids is 1. The molecule has 0 saturated heterocycles. The molecule has 370 valence electrons. The number of hydrogen-bond donors (Lipinski definition) is 7. The van der Waals surface area contributed by atoms with Gasteiger partial charge in [0.25, 0.3) is 0 Å². The molecule has 0 aliphatic heterocycles.